The Morgan fingerprint density at radius 1 is 1.15 bits per heavy atom. The van der Waals surface area contributed by atoms with E-state index in [1.165, 1.54) is 12.1 Å². The fourth-order valence-electron chi connectivity index (χ4n) is 2.26. The van der Waals surface area contributed by atoms with E-state index in [9.17, 15) is 9.18 Å². The minimum absolute atomic E-state index is 0.181. The van der Waals surface area contributed by atoms with Crippen LogP contribution in [-0.4, -0.2) is 10.9 Å². The van der Waals surface area contributed by atoms with Crippen molar-refractivity contribution in [1.82, 2.24) is 4.90 Å². The Hall–Kier alpha value is -1.88. The van der Waals surface area contributed by atoms with Gasteiger partial charge in [0.25, 0.3) is 0 Å². The van der Waals surface area contributed by atoms with Gasteiger partial charge in [0.2, 0.25) is 0 Å². The first kappa shape index (κ1) is 13.1. The smallest absolute Gasteiger partial charge is 0.316 e. The Bertz CT molecular complexity index is 657. The number of rotatable bonds is 1. The number of carbonyl (C=O) groups excluding carboxylic acids is 1. The van der Waals surface area contributed by atoms with Crippen LogP contribution in [0.4, 0.5) is 14.9 Å². The molecule has 1 aliphatic rings. The van der Waals surface area contributed by atoms with Gasteiger partial charge in [-0.1, -0.05) is 28.1 Å². The lowest BCUT2D eigenvalue weighted by Crippen LogP contribution is -2.30. The van der Waals surface area contributed by atoms with E-state index in [4.69, 9.17) is 0 Å². The number of hydrogen-bond acceptors (Lipinski definition) is 1. The van der Waals surface area contributed by atoms with Gasteiger partial charge in [0, 0.05) is 23.2 Å². The second-order valence-corrected chi connectivity index (χ2v) is 5.52. The molecule has 0 saturated carbocycles. The topological polar surface area (TPSA) is 32.3 Å². The Morgan fingerprint density at radius 2 is 1.90 bits per heavy atom. The molecule has 0 fully saturated rings. The van der Waals surface area contributed by atoms with Crippen molar-refractivity contribution in [3.63, 3.8) is 0 Å². The molecule has 102 valence electrons. The highest BCUT2D eigenvalue weighted by atomic mass is 79.9. The summed E-state index contributed by atoms with van der Waals surface area (Å²) >= 11 is 3.50. The predicted molar refractivity (Wildman–Crippen MR) is 78.8 cm³/mol. The number of halogens is 2. The third-order valence-electron chi connectivity index (χ3n) is 3.31. The van der Waals surface area contributed by atoms with Gasteiger partial charge < -0.3 is 10.2 Å². The van der Waals surface area contributed by atoms with Crippen molar-refractivity contribution in [2.24, 2.45) is 0 Å². The van der Waals surface area contributed by atoms with Crippen LogP contribution in [-0.2, 0) is 13.1 Å². The van der Waals surface area contributed by atoms with Crippen LogP contribution >= 0.6 is 15.9 Å². The minimum atomic E-state index is -0.319. The van der Waals surface area contributed by atoms with E-state index < -0.39 is 0 Å². The molecule has 20 heavy (non-hydrogen) atoms. The molecule has 5 heteroatoms. The second-order valence-electron chi connectivity index (χ2n) is 4.67. The number of nitrogens with zero attached hydrogens (tertiary/aromatic N) is 1. The molecule has 0 unspecified atom stereocenters. The number of urea groups is 1. The maximum Gasteiger partial charge on any atom is 0.322 e. The maximum absolute atomic E-state index is 12.8. The zero-order chi connectivity index (χ0) is 14.1. The highest BCUT2D eigenvalue weighted by molar-refractivity contribution is 9.10. The summed E-state index contributed by atoms with van der Waals surface area (Å²) in [4.78, 5) is 13.9. The van der Waals surface area contributed by atoms with E-state index in [1.54, 1.807) is 17.0 Å². The van der Waals surface area contributed by atoms with Crippen LogP contribution in [0.3, 0.4) is 0 Å². The van der Waals surface area contributed by atoms with E-state index in [-0.39, 0.29) is 11.8 Å². The van der Waals surface area contributed by atoms with Crippen molar-refractivity contribution >= 4 is 27.6 Å². The van der Waals surface area contributed by atoms with Crippen molar-refractivity contribution in [2.45, 2.75) is 13.1 Å². The van der Waals surface area contributed by atoms with E-state index in [1.807, 2.05) is 18.2 Å². The molecule has 0 spiro atoms. The first-order valence-corrected chi connectivity index (χ1v) is 7.00. The fraction of sp³-hybridized carbons (Fsp3) is 0.133. The summed E-state index contributed by atoms with van der Waals surface area (Å²) in [7, 11) is 0. The van der Waals surface area contributed by atoms with Crippen LogP contribution in [0.15, 0.2) is 46.9 Å². The number of nitrogens with one attached hydrogen (secondary N) is 1. The van der Waals surface area contributed by atoms with Crippen molar-refractivity contribution < 1.29 is 9.18 Å². The summed E-state index contributed by atoms with van der Waals surface area (Å²) in [6.45, 7) is 1.16. The van der Waals surface area contributed by atoms with Gasteiger partial charge in [-0.25, -0.2) is 9.18 Å². The molecule has 1 N–H and O–H groups in total. The molecule has 0 aliphatic carbocycles. The number of carbonyl (C=O) groups is 1. The second kappa shape index (κ2) is 5.25. The summed E-state index contributed by atoms with van der Waals surface area (Å²) in [5, 5.41) is 2.77. The average molecular weight is 335 g/mol. The number of hydrogen-bond donors (Lipinski definition) is 1. The number of benzene rings is 2. The standard InChI is InChI=1S/C15H12BrFN2O/c16-14-3-1-2-10-8-19(9-13(10)14)15(20)18-12-6-4-11(17)5-7-12/h1-7H,8-9H2,(H,18,20). The van der Waals surface area contributed by atoms with Gasteiger partial charge in [-0.2, -0.15) is 0 Å². The van der Waals surface area contributed by atoms with Crippen molar-refractivity contribution in [3.05, 3.63) is 63.9 Å². The molecule has 0 saturated heterocycles. The summed E-state index contributed by atoms with van der Waals surface area (Å²) in [6.07, 6.45) is 0. The molecule has 1 aliphatic heterocycles. The lowest BCUT2D eigenvalue weighted by molar-refractivity contribution is 0.212. The van der Waals surface area contributed by atoms with Gasteiger partial charge in [0.1, 0.15) is 5.82 Å². The summed E-state index contributed by atoms with van der Waals surface area (Å²) in [6, 6.07) is 11.5. The summed E-state index contributed by atoms with van der Waals surface area (Å²) < 4.78 is 13.8. The largest absolute Gasteiger partial charge is 0.322 e. The van der Waals surface area contributed by atoms with Gasteiger partial charge in [0.05, 0.1) is 0 Å². The van der Waals surface area contributed by atoms with E-state index >= 15 is 0 Å². The first-order chi connectivity index (χ1) is 9.63. The molecule has 0 atom stereocenters. The Kier molecular flexibility index (Phi) is 3.44. The van der Waals surface area contributed by atoms with Gasteiger partial charge in [-0.05, 0) is 41.5 Å². The van der Waals surface area contributed by atoms with Crippen molar-refractivity contribution in [2.75, 3.05) is 5.32 Å². The lowest BCUT2D eigenvalue weighted by atomic mass is 10.1. The molecule has 0 bridgehead atoms. The van der Waals surface area contributed by atoms with Crippen LogP contribution in [0, 0.1) is 5.82 Å². The lowest BCUT2D eigenvalue weighted by Gasteiger charge is -2.16. The molecule has 1 heterocycles. The molecule has 2 amide bonds. The zero-order valence-electron chi connectivity index (χ0n) is 10.6. The van der Waals surface area contributed by atoms with Gasteiger partial charge in [-0.3, -0.25) is 0 Å². The number of fused-ring (bicyclic) bond motifs is 1. The highest BCUT2D eigenvalue weighted by Crippen LogP contribution is 2.29. The van der Waals surface area contributed by atoms with E-state index in [0.29, 0.717) is 18.8 Å². The normalized spacial score (nSPS) is 13.2. The zero-order valence-corrected chi connectivity index (χ0v) is 12.2. The predicted octanol–water partition coefficient (Wildman–Crippen LogP) is 4.14. The van der Waals surface area contributed by atoms with Crippen LogP contribution < -0.4 is 5.32 Å². The van der Waals surface area contributed by atoms with Crippen molar-refractivity contribution in [3.8, 4) is 0 Å². The Morgan fingerprint density at radius 3 is 2.60 bits per heavy atom. The molecule has 3 nitrogen and oxygen atoms in total. The van der Waals surface area contributed by atoms with Crippen LogP contribution in [0.25, 0.3) is 0 Å². The molecular weight excluding hydrogens is 323 g/mol. The number of amides is 2. The quantitative estimate of drug-likeness (QED) is 0.835. The minimum Gasteiger partial charge on any atom is -0.316 e. The molecule has 0 radical (unpaired) electrons. The van der Waals surface area contributed by atoms with Gasteiger partial charge in [-0.15, -0.1) is 0 Å². The highest BCUT2D eigenvalue weighted by Gasteiger charge is 2.24. The Balaban J connectivity index is 1.71. The summed E-state index contributed by atoms with van der Waals surface area (Å²) in [5.41, 5.74) is 2.88. The van der Waals surface area contributed by atoms with Gasteiger partial charge in [0.15, 0.2) is 0 Å². The number of anilines is 1. The molecular formula is C15H12BrFN2O. The SMILES string of the molecule is O=C(Nc1ccc(F)cc1)N1Cc2cccc(Br)c2C1. The maximum atomic E-state index is 12.8. The van der Waals surface area contributed by atoms with Crippen LogP contribution in [0.2, 0.25) is 0 Å². The Labute approximate surface area is 124 Å². The molecule has 2 aromatic carbocycles. The van der Waals surface area contributed by atoms with Crippen molar-refractivity contribution in [1.29, 1.82) is 0 Å². The average Bonchev–Trinajstić information content (AvgIpc) is 2.87. The molecule has 3 rings (SSSR count). The van der Waals surface area contributed by atoms with E-state index in [0.717, 1.165) is 15.6 Å². The van der Waals surface area contributed by atoms with Gasteiger partial charge >= 0.3 is 6.03 Å². The van der Waals surface area contributed by atoms with Crippen LogP contribution in [0.5, 0.6) is 0 Å². The fourth-order valence-corrected chi connectivity index (χ4v) is 2.79. The third-order valence-corrected chi connectivity index (χ3v) is 4.05. The molecule has 0 aromatic heterocycles. The van der Waals surface area contributed by atoms with E-state index in [2.05, 4.69) is 21.2 Å². The van der Waals surface area contributed by atoms with Crippen LogP contribution in [0.1, 0.15) is 11.1 Å². The molecule has 2 aromatic rings. The first-order valence-electron chi connectivity index (χ1n) is 6.21. The monoisotopic (exact) mass is 334 g/mol. The third kappa shape index (κ3) is 2.54. The summed E-state index contributed by atoms with van der Waals surface area (Å²) in [5.74, 6) is -0.319.